The number of unbranched alkanes of at least 4 members (excludes halogenated alkanes) is 11. The molecule has 0 atom stereocenters. The lowest BCUT2D eigenvalue weighted by molar-refractivity contribution is -0.0112. The summed E-state index contributed by atoms with van der Waals surface area (Å²) in [6, 6.07) is 8.36. The molecule has 2 rings (SSSR count). The summed E-state index contributed by atoms with van der Waals surface area (Å²) >= 11 is 0. The molecule has 0 spiro atoms. The van der Waals surface area contributed by atoms with Crippen LogP contribution in [0.15, 0.2) is 24.3 Å². The van der Waals surface area contributed by atoms with Gasteiger partial charge in [-0.15, -0.1) is 0 Å². The van der Waals surface area contributed by atoms with Crippen molar-refractivity contribution >= 4 is 5.91 Å². The molecule has 0 saturated carbocycles. The number of nitrogens with zero attached hydrogens (tertiary/aromatic N) is 1. The molecule has 1 aromatic rings. The smallest absolute Gasteiger partial charge is 0.255 e. The predicted octanol–water partition coefficient (Wildman–Crippen LogP) is 9.11. The average molecular weight is 442 g/mol. The summed E-state index contributed by atoms with van der Waals surface area (Å²) in [6.07, 6.45) is 20.8. The molecular formula is C30H51NO. The number of hydrogen-bond acceptors (Lipinski definition) is 1. The molecule has 1 aliphatic rings. The van der Waals surface area contributed by atoms with Crippen LogP contribution in [-0.2, 0) is 6.42 Å². The van der Waals surface area contributed by atoms with Crippen LogP contribution in [-0.4, -0.2) is 21.9 Å². The van der Waals surface area contributed by atoms with Crippen LogP contribution in [0.3, 0.4) is 0 Å². The van der Waals surface area contributed by atoms with Crippen LogP contribution >= 0.6 is 0 Å². The van der Waals surface area contributed by atoms with E-state index in [4.69, 9.17) is 0 Å². The van der Waals surface area contributed by atoms with Gasteiger partial charge in [-0.2, -0.15) is 0 Å². The van der Waals surface area contributed by atoms with E-state index in [1.54, 1.807) is 0 Å². The van der Waals surface area contributed by atoms with Gasteiger partial charge in [-0.3, -0.25) is 4.79 Å². The number of carbonyl (C=O) groups excluding carboxylic acids is 1. The van der Waals surface area contributed by atoms with E-state index in [0.717, 1.165) is 24.8 Å². The first-order chi connectivity index (χ1) is 15.3. The summed E-state index contributed by atoms with van der Waals surface area (Å²) in [5, 5.41) is 0. The van der Waals surface area contributed by atoms with Crippen LogP contribution in [0.4, 0.5) is 0 Å². The molecule has 2 nitrogen and oxygen atoms in total. The minimum atomic E-state index is -0.0814. The fourth-order valence-corrected chi connectivity index (χ4v) is 5.77. The van der Waals surface area contributed by atoms with Crippen LogP contribution in [0.25, 0.3) is 0 Å². The molecule has 0 aliphatic carbocycles. The molecule has 1 aliphatic heterocycles. The Kier molecular flexibility index (Phi) is 11.3. The van der Waals surface area contributed by atoms with Crippen molar-refractivity contribution < 1.29 is 4.79 Å². The second kappa shape index (κ2) is 13.4. The Hall–Kier alpha value is -1.31. The standard InChI is InChI=1S/C30H51NO/c1-6-7-8-9-10-11-12-13-14-15-16-17-21-26-22-18-19-23-27(26)28(32)31-29(2,3)24-20-25-30(31,4)5/h18-19,22-23H,6-17,20-21,24-25H2,1-5H3. The lowest BCUT2D eigenvalue weighted by atomic mass is 9.79. The predicted molar refractivity (Wildman–Crippen MR) is 139 cm³/mol. The molecule has 1 fully saturated rings. The number of carbonyl (C=O) groups is 1. The zero-order chi connectivity index (χ0) is 23.5. The molecule has 182 valence electrons. The third-order valence-electron chi connectivity index (χ3n) is 7.54. The van der Waals surface area contributed by atoms with E-state index in [1.165, 1.54) is 89.0 Å². The van der Waals surface area contributed by atoms with Crippen molar-refractivity contribution in [1.82, 2.24) is 4.90 Å². The summed E-state index contributed by atoms with van der Waals surface area (Å²) in [4.78, 5) is 15.9. The Labute approximate surface area is 199 Å². The first kappa shape index (κ1) is 26.9. The van der Waals surface area contributed by atoms with Crippen LogP contribution in [0, 0.1) is 0 Å². The molecule has 1 heterocycles. The van der Waals surface area contributed by atoms with Crippen LogP contribution in [0.1, 0.15) is 147 Å². The zero-order valence-corrected chi connectivity index (χ0v) is 22.0. The highest BCUT2D eigenvalue weighted by Gasteiger charge is 2.44. The maximum atomic E-state index is 13.7. The van der Waals surface area contributed by atoms with E-state index in [2.05, 4.69) is 57.7 Å². The van der Waals surface area contributed by atoms with Crippen LogP contribution in [0.5, 0.6) is 0 Å². The molecule has 0 unspecified atom stereocenters. The largest absolute Gasteiger partial charge is 0.328 e. The van der Waals surface area contributed by atoms with Crippen molar-refractivity contribution in [3.05, 3.63) is 35.4 Å². The van der Waals surface area contributed by atoms with Gasteiger partial charge in [-0.05, 0) is 71.4 Å². The normalized spacial score (nSPS) is 17.5. The number of amides is 1. The monoisotopic (exact) mass is 441 g/mol. The summed E-state index contributed by atoms with van der Waals surface area (Å²) in [7, 11) is 0. The van der Waals surface area contributed by atoms with E-state index < -0.39 is 0 Å². The number of aryl methyl sites for hydroxylation is 1. The Balaban J connectivity index is 1.76. The summed E-state index contributed by atoms with van der Waals surface area (Å²) in [5.41, 5.74) is 2.00. The quantitative estimate of drug-likeness (QED) is 0.264. The van der Waals surface area contributed by atoms with E-state index in [-0.39, 0.29) is 17.0 Å². The highest BCUT2D eigenvalue weighted by atomic mass is 16.2. The number of likely N-dealkylation sites (tertiary alicyclic amines) is 1. The van der Waals surface area contributed by atoms with Gasteiger partial charge in [0.1, 0.15) is 0 Å². The highest BCUT2D eigenvalue weighted by Crippen LogP contribution is 2.39. The van der Waals surface area contributed by atoms with Gasteiger partial charge in [-0.1, -0.05) is 95.8 Å². The summed E-state index contributed by atoms with van der Waals surface area (Å²) < 4.78 is 0. The Morgan fingerprint density at radius 1 is 0.750 bits per heavy atom. The van der Waals surface area contributed by atoms with Crippen LogP contribution in [0.2, 0.25) is 0 Å². The minimum absolute atomic E-state index is 0.0814. The van der Waals surface area contributed by atoms with Crippen molar-refractivity contribution in [1.29, 1.82) is 0 Å². The molecule has 0 bridgehead atoms. The fourth-order valence-electron chi connectivity index (χ4n) is 5.77. The van der Waals surface area contributed by atoms with E-state index in [9.17, 15) is 4.79 Å². The van der Waals surface area contributed by atoms with Crippen molar-refractivity contribution in [2.45, 2.75) is 148 Å². The second-order valence-corrected chi connectivity index (χ2v) is 11.4. The number of piperidine rings is 1. The lowest BCUT2D eigenvalue weighted by Gasteiger charge is -2.53. The van der Waals surface area contributed by atoms with Gasteiger partial charge in [0, 0.05) is 16.6 Å². The highest BCUT2D eigenvalue weighted by molar-refractivity contribution is 5.96. The first-order valence-electron chi connectivity index (χ1n) is 13.7. The first-order valence-corrected chi connectivity index (χ1v) is 13.7. The number of hydrogen-bond donors (Lipinski definition) is 0. The summed E-state index contributed by atoms with van der Waals surface area (Å²) in [5.74, 6) is 0.231. The maximum Gasteiger partial charge on any atom is 0.255 e. The van der Waals surface area contributed by atoms with Gasteiger partial charge >= 0.3 is 0 Å². The third kappa shape index (κ3) is 8.23. The molecule has 1 amide bonds. The fraction of sp³-hybridized carbons (Fsp3) is 0.767. The molecule has 2 heteroatoms. The SMILES string of the molecule is CCCCCCCCCCCCCCc1ccccc1C(=O)N1C(C)(C)CCCC1(C)C. The maximum absolute atomic E-state index is 13.7. The molecule has 1 aromatic carbocycles. The molecule has 0 N–H and O–H groups in total. The van der Waals surface area contributed by atoms with Crippen LogP contribution < -0.4 is 0 Å². The molecule has 0 aromatic heterocycles. The minimum Gasteiger partial charge on any atom is -0.328 e. The van der Waals surface area contributed by atoms with Gasteiger partial charge in [0.25, 0.3) is 5.91 Å². The molecule has 0 radical (unpaired) electrons. The van der Waals surface area contributed by atoms with Gasteiger partial charge in [0.15, 0.2) is 0 Å². The van der Waals surface area contributed by atoms with Crippen molar-refractivity contribution in [2.24, 2.45) is 0 Å². The topological polar surface area (TPSA) is 20.3 Å². The third-order valence-corrected chi connectivity index (χ3v) is 7.54. The van der Waals surface area contributed by atoms with Gasteiger partial charge in [0.05, 0.1) is 0 Å². The average Bonchev–Trinajstić information content (AvgIpc) is 2.73. The van der Waals surface area contributed by atoms with E-state index >= 15 is 0 Å². The molecule has 32 heavy (non-hydrogen) atoms. The summed E-state index contributed by atoms with van der Waals surface area (Å²) in [6.45, 7) is 11.2. The second-order valence-electron chi connectivity index (χ2n) is 11.4. The van der Waals surface area contributed by atoms with Crippen molar-refractivity contribution in [3.8, 4) is 0 Å². The van der Waals surface area contributed by atoms with E-state index in [0.29, 0.717) is 0 Å². The number of benzene rings is 1. The van der Waals surface area contributed by atoms with Gasteiger partial charge in [0.2, 0.25) is 0 Å². The molecular weight excluding hydrogens is 390 g/mol. The van der Waals surface area contributed by atoms with E-state index in [1.807, 2.05) is 6.07 Å². The Morgan fingerprint density at radius 3 is 1.75 bits per heavy atom. The Morgan fingerprint density at radius 2 is 1.22 bits per heavy atom. The van der Waals surface area contributed by atoms with Crippen molar-refractivity contribution in [2.75, 3.05) is 0 Å². The number of rotatable bonds is 14. The van der Waals surface area contributed by atoms with Gasteiger partial charge in [-0.25, -0.2) is 0 Å². The lowest BCUT2D eigenvalue weighted by Crippen LogP contribution is -2.61. The zero-order valence-electron chi connectivity index (χ0n) is 22.0. The Bertz CT molecular complexity index is 659. The van der Waals surface area contributed by atoms with Crippen molar-refractivity contribution in [3.63, 3.8) is 0 Å². The molecule has 1 saturated heterocycles. The van der Waals surface area contributed by atoms with Gasteiger partial charge < -0.3 is 4.90 Å².